The van der Waals surface area contributed by atoms with Crippen LogP contribution in [-0.4, -0.2) is 50.1 Å². The van der Waals surface area contributed by atoms with Crippen molar-refractivity contribution >= 4 is 17.6 Å². The van der Waals surface area contributed by atoms with Gasteiger partial charge in [0.25, 0.3) is 5.91 Å². The maximum absolute atomic E-state index is 13.3. The van der Waals surface area contributed by atoms with Gasteiger partial charge in [-0.05, 0) is 45.0 Å². The molecular weight excluding hydrogens is 462 g/mol. The fraction of sp³-hybridized carbons (Fsp3) is 0.346. The minimum atomic E-state index is -0.407. The van der Waals surface area contributed by atoms with E-state index < -0.39 is 5.91 Å². The van der Waals surface area contributed by atoms with E-state index in [1.807, 2.05) is 25.5 Å². The second kappa shape index (κ2) is 12.0. The largest absolute Gasteiger partial charge is 0.493 e. The smallest absolute Gasteiger partial charge is 0.261 e. The van der Waals surface area contributed by atoms with E-state index in [4.69, 9.17) is 23.9 Å². The normalized spacial score (nSPS) is 11.1. The average molecular weight is 496 g/mol. The number of nitrogens with zero attached hydrogens (tertiary/aromatic N) is 3. The molecule has 0 aliphatic rings. The number of hydrogen-bond acceptors (Lipinski definition) is 7. The lowest BCUT2D eigenvalue weighted by Crippen LogP contribution is -2.36. The van der Waals surface area contributed by atoms with Crippen LogP contribution in [0, 0.1) is 13.8 Å². The Hall–Kier alpha value is -4.21. The van der Waals surface area contributed by atoms with E-state index in [0.29, 0.717) is 40.8 Å². The lowest BCUT2D eigenvalue weighted by atomic mass is 10.1. The van der Waals surface area contributed by atoms with Gasteiger partial charge in [-0.3, -0.25) is 14.8 Å². The monoisotopic (exact) mass is 495 g/mol. The predicted molar refractivity (Wildman–Crippen MR) is 139 cm³/mol. The Balaban J connectivity index is 1.96. The molecule has 0 unspecified atom stereocenters. The third-order valence-electron chi connectivity index (χ3n) is 5.75. The summed E-state index contributed by atoms with van der Waals surface area (Å²) in [7, 11) is 6.14. The van der Waals surface area contributed by atoms with Gasteiger partial charge in [0.05, 0.1) is 46.2 Å². The van der Waals surface area contributed by atoms with Gasteiger partial charge < -0.3 is 24.3 Å². The van der Waals surface area contributed by atoms with Crippen molar-refractivity contribution in [3.05, 3.63) is 58.9 Å². The Labute approximate surface area is 211 Å². The minimum Gasteiger partial charge on any atom is -0.493 e. The molecule has 0 saturated carbocycles. The molecule has 0 aliphatic carbocycles. The first kappa shape index (κ1) is 26.4. The number of para-hydroxylation sites is 1. The Kier molecular flexibility index (Phi) is 8.77. The molecule has 3 rings (SSSR count). The SMILES string of the molecule is CCn1nc(C)c(CN=C(NC(=O)c2cccc(OC)c2OC)Nc2ccc(OC)c(OC)c2)c1C. The molecule has 2 N–H and O–H groups in total. The van der Waals surface area contributed by atoms with Crippen LogP contribution in [0.4, 0.5) is 5.69 Å². The molecule has 0 aliphatic heterocycles. The van der Waals surface area contributed by atoms with Crippen molar-refractivity contribution in [1.29, 1.82) is 0 Å². The first-order valence-corrected chi connectivity index (χ1v) is 11.4. The Bertz CT molecular complexity index is 1250. The van der Waals surface area contributed by atoms with E-state index in [-0.39, 0.29) is 5.96 Å². The van der Waals surface area contributed by atoms with E-state index in [2.05, 4.69) is 15.7 Å². The number of aryl methyl sites for hydroxylation is 2. The second-order valence-corrected chi connectivity index (χ2v) is 7.82. The molecule has 36 heavy (non-hydrogen) atoms. The van der Waals surface area contributed by atoms with Gasteiger partial charge >= 0.3 is 0 Å². The van der Waals surface area contributed by atoms with Gasteiger partial charge in [-0.2, -0.15) is 5.10 Å². The number of ether oxygens (including phenoxy) is 4. The zero-order valence-electron chi connectivity index (χ0n) is 21.8. The quantitative estimate of drug-likeness (QED) is 0.342. The molecular formula is C26H33N5O5. The first-order chi connectivity index (χ1) is 17.4. The number of hydrogen-bond donors (Lipinski definition) is 2. The van der Waals surface area contributed by atoms with Crippen molar-refractivity contribution in [2.24, 2.45) is 4.99 Å². The molecule has 10 nitrogen and oxygen atoms in total. The highest BCUT2D eigenvalue weighted by molar-refractivity contribution is 6.11. The number of benzene rings is 2. The van der Waals surface area contributed by atoms with Crippen molar-refractivity contribution < 1.29 is 23.7 Å². The molecule has 1 aromatic heterocycles. The van der Waals surface area contributed by atoms with Crippen LogP contribution in [0.3, 0.4) is 0 Å². The van der Waals surface area contributed by atoms with Crippen LogP contribution >= 0.6 is 0 Å². The number of amides is 1. The standard InChI is InChI=1S/C26H33N5O5/c1-8-31-17(3)20(16(2)30-31)15-27-26(28-18-12-13-21(33-4)23(14-18)35-6)29-25(32)19-10-9-11-22(34-5)24(19)36-7/h9-14H,8,15H2,1-7H3,(H2,27,28,29,32). The summed E-state index contributed by atoms with van der Waals surface area (Å²) in [6.07, 6.45) is 0. The molecule has 0 saturated heterocycles. The number of methoxy groups -OCH3 is 4. The number of nitrogens with one attached hydrogen (secondary N) is 2. The number of guanidine groups is 1. The maximum Gasteiger partial charge on any atom is 0.261 e. The number of aliphatic imine (C=N–C) groups is 1. The van der Waals surface area contributed by atoms with Crippen LogP contribution in [0.15, 0.2) is 41.4 Å². The number of rotatable bonds is 9. The van der Waals surface area contributed by atoms with Crippen LogP contribution in [0.1, 0.15) is 34.2 Å². The van der Waals surface area contributed by atoms with Crippen molar-refractivity contribution in [3.63, 3.8) is 0 Å². The number of carbonyl (C=O) groups excluding carboxylic acids is 1. The van der Waals surface area contributed by atoms with Gasteiger partial charge in [0.15, 0.2) is 23.0 Å². The van der Waals surface area contributed by atoms with Crippen LogP contribution in [-0.2, 0) is 13.1 Å². The summed E-state index contributed by atoms with van der Waals surface area (Å²) in [6.45, 7) is 7.08. The molecule has 0 fully saturated rings. The van der Waals surface area contributed by atoms with Gasteiger partial charge in [0, 0.05) is 29.6 Å². The molecule has 0 spiro atoms. The maximum atomic E-state index is 13.3. The number of aromatic nitrogens is 2. The van der Waals surface area contributed by atoms with E-state index in [0.717, 1.165) is 23.5 Å². The van der Waals surface area contributed by atoms with Gasteiger partial charge in [0.1, 0.15) is 0 Å². The summed E-state index contributed by atoms with van der Waals surface area (Å²) in [5.41, 5.74) is 3.89. The predicted octanol–water partition coefficient (Wildman–Crippen LogP) is 3.95. The lowest BCUT2D eigenvalue weighted by molar-refractivity contribution is 0.0973. The zero-order chi connectivity index (χ0) is 26.2. The Morgan fingerprint density at radius 1 is 0.972 bits per heavy atom. The van der Waals surface area contributed by atoms with Crippen molar-refractivity contribution in [2.45, 2.75) is 33.9 Å². The first-order valence-electron chi connectivity index (χ1n) is 11.4. The highest BCUT2D eigenvalue weighted by Crippen LogP contribution is 2.31. The molecule has 0 bridgehead atoms. The van der Waals surface area contributed by atoms with Crippen LogP contribution in [0.25, 0.3) is 0 Å². The van der Waals surface area contributed by atoms with Gasteiger partial charge in [-0.15, -0.1) is 0 Å². The fourth-order valence-electron chi connectivity index (χ4n) is 3.83. The van der Waals surface area contributed by atoms with Crippen molar-refractivity contribution in [3.8, 4) is 23.0 Å². The van der Waals surface area contributed by atoms with E-state index in [1.54, 1.807) is 50.6 Å². The number of carbonyl (C=O) groups is 1. The minimum absolute atomic E-state index is 0.250. The van der Waals surface area contributed by atoms with Crippen LogP contribution in [0.2, 0.25) is 0 Å². The van der Waals surface area contributed by atoms with Crippen LogP contribution in [0.5, 0.6) is 23.0 Å². The third kappa shape index (κ3) is 5.70. The zero-order valence-corrected chi connectivity index (χ0v) is 21.8. The van der Waals surface area contributed by atoms with E-state index in [1.165, 1.54) is 14.2 Å². The van der Waals surface area contributed by atoms with Crippen LogP contribution < -0.4 is 29.6 Å². The average Bonchev–Trinajstić information content (AvgIpc) is 3.18. The topological polar surface area (TPSA) is 108 Å². The van der Waals surface area contributed by atoms with Gasteiger partial charge in [0.2, 0.25) is 5.96 Å². The molecule has 2 aromatic carbocycles. The summed E-state index contributed by atoms with van der Waals surface area (Å²) in [4.78, 5) is 18.0. The van der Waals surface area contributed by atoms with Gasteiger partial charge in [-0.1, -0.05) is 6.07 Å². The highest BCUT2D eigenvalue weighted by Gasteiger charge is 2.19. The van der Waals surface area contributed by atoms with E-state index >= 15 is 0 Å². The second-order valence-electron chi connectivity index (χ2n) is 7.82. The summed E-state index contributed by atoms with van der Waals surface area (Å²) in [5, 5.41) is 10.6. The van der Waals surface area contributed by atoms with Gasteiger partial charge in [-0.25, -0.2) is 4.99 Å². The molecule has 3 aromatic rings. The third-order valence-corrected chi connectivity index (χ3v) is 5.75. The lowest BCUT2D eigenvalue weighted by Gasteiger charge is -2.16. The van der Waals surface area contributed by atoms with E-state index in [9.17, 15) is 4.79 Å². The molecule has 192 valence electrons. The Morgan fingerprint density at radius 3 is 2.31 bits per heavy atom. The Morgan fingerprint density at radius 2 is 1.69 bits per heavy atom. The van der Waals surface area contributed by atoms with Crippen molar-refractivity contribution in [2.75, 3.05) is 33.8 Å². The summed E-state index contributed by atoms with van der Waals surface area (Å²) >= 11 is 0. The molecule has 10 heteroatoms. The molecule has 0 radical (unpaired) electrons. The van der Waals surface area contributed by atoms with Crippen molar-refractivity contribution in [1.82, 2.24) is 15.1 Å². The summed E-state index contributed by atoms with van der Waals surface area (Å²) in [5.74, 6) is 1.76. The molecule has 1 heterocycles. The molecule has 0 atom stereocenters. The highest BCUT2D eigenvalue weighted by atomic mass is 16.5. The number of anilines is 1. The summed E-state index contributed by atoms with van der Waals surface area (Å²) < 4.78 is 23.4. The fourth-order valence-corrected chi connectivity index (χ4v) is 3.83. The summed E-state index contributed by atoms with van der Waals surface area (Å²) in [6, 6.07) is 10.4. The molecule has 1 amide bonds.